The molecule has 0 saturated heterocycles. The molecule has 0 aromatic carbocycles. The third kappa shape index (κ3) is 0.982. The van der Waals surface area contributed by atoms with Crippen LogP contribution in [-0.2, 0) is 0 Å². The van der Waals surface area contributed by atoms with Crippen LogP contribution in [0.15, 0.2) is 0 Å². The van der Waals surface area contributed by atoms with E-state index in [9.17, 15) is 17.6 Å². The van der Waals surface area contributed by atoms with Gasteiger partial charge in [-0.25, -0.2) is 4.39 Å². The van der Waals surface area contributed by atoms with Crippen molar-refractivity contribution in [2.75, 3.05) is 0 Å². The molecule has 1 aliphatic rings. The fourth-order valence-electron chi connectivity index (χ4n) is 1.00. The summed E-state index contributed by atoms with van der Waals surface area (Å²) >= 11 is 0. The number of rotatable bonds is 0. The van der Waals surface area contributed by atoms with Gasteiger partial charge in [-0.2, -0.15) is 13.2 Å². The summed E-state index contributed by atoms with van der Waals surface area (Å²) in [6.07, 6.45) is -5.91. The van der Waals surface area contributed by atoms with Crippen molar-refractivity contribution in [1.29, 1.82) is 0 Å². The first-order valence-electron chi connectivity index (χ1n) is 2.86. The molecule has 0 spiro atoms. The maximum Gasteiger partial charge on any atom is 0.422 e. The van der Waals surface area contributed by atoms with Gasteiger partial charge in [-0.15, -0.1) is 0 Å². The SMILES string of the molecule is NC1CC(F)(C(F)(F)F)C1. The summed E-state index contributed by atoms with van der Waals surface area (Å²) in [5.41, 5.74) is 2.02. The molecule has 5 heteroatoms. The van der Waals surface area contributed by atoms with Gasteiger partial charge in [-0.05, 0) is 0 Å². The molecule has 0 atom stereocenters. The zero-order valence-electron chi connectivity index (χ0n) is 5.08. The lowest BCUT2D eigenvalue weighted by Gasteiger charge is -2.40. The molecule has 10 heavy (non-hydrogen) atoms. The Hall–Kier alpha value is -0.320. The van der Waals surface area contributed by atoms with E-state index in [0.29, 0.717) is 0 Å². The van der Waals surface area contributed by atoms with Crippen LogP contribution >= 0.6 is 0 Å². The lowest BCUT2D eigenvalue weighted by atomic mass is 9.77. The van der Waals surface area contributed by atoms with Crippen molar-refractivity contribution in [3.63, 3.8) is 0 Å². The van der Waals surface area contributed by atoms with Gasteiger partial charge in [-0.3, -0.25) is 0 Å². The summed E-state index contributed by atoms with van der Waals surface area (Å²) < 4.78 is 47.3. The minimum absolute atomic E-state index is 0.587. The minimum atomic E-state index is -4.73. The highest BCUT2D eigenvalue weighted by Crippen LogP contribution is 2.47. The predicted molar refractivity (Wildman–Crippen MR) is 27.1 cm³/mol. The molecule has 0 heterocycles. The normalized spacial score (nSPS) is 41.1. The van der Waals surface area contributed by atoms with Gasteiger partial charge in [0.25, 0.3) is 0 Å². The van der Waals surface area contributed by atoms with Crippen molar-refractivity contribution in [2.24, 2.45) is 5.73 Å². The summed E-state index contributed by atoms with van der Waals surface area (Å²) in [6.45, 7) is 0. The Bertz CT molecular complexity index is 135. The first-order valence-corrected chi connectivity index (χ1v) is 2.86. The monoisotopic (exact) mass is 157 g/mol. The van der Waals surface area contributed by atoms with E-state index in [1.54, 1.807) is 0 Å². The van der Waals surface area contributed by atoms with Crippen LogP contribution in [0.25, 0.3) is 0 Å². The largest absolute Gasteiger partial charge is 0.422 e. The third-order valence-electron chi connectivity index (χ3n) is 1.68. The zero-order valence-corrected chi connectivity index (χ0v) is 5.08. The molecule has 0 aliphatic heterocycles. The Kier molecular flexibility index (Phi) is 1.43. The van der Waals surface area contributed by atoms with Gasteiger partial charge in [0.1, 0.15) is 0 Å². The predicted octanol–water partition coefficient (Wildman–Crippen LogP) is 1.38. The van der Waals surface area contributed by atoms with Crippen LogP contribution in [0.3, 0.4) is 0 Å². The number of nitrogens with two attached hydrogens (primary N) is 1. The van der Waals surface area contributed by atoms with Crippen LogP contribution in [0.4, 0.5) is 17.6 Å². The molecule has 0 aromatic heterocycles. The van der Waals surface area contributed by atoms with Gasteiger partial charge < -0.3 is 5.73 Å². The van der Waals surface area contributed by atoms with Gasteiger partial charge in [0.05, 0.1) is 0 Å². The topological polar surface area (TPSA) is 26.0 Å². The Labute approximate surface area is 55.2 Å². The standard InChI is InChI=1S/C5H7F4N/c6-4(5(7,8)9)1-3(10)2-4/h3H,1-2,10H2. The van der Waals surface area contributed by atoms with Gasteiger partial charge in [-0.1, -0.05) is 0 Å². The van der Waals surface area contributed by atoms with Crippen molar-refractivity contribution in [2.45, 2.75) is 30.7 Å². The van der Waals surface area contributed by atoms with E-state index in [0.717, 1.165) is 0 Å². The molecule has 0 unspecified atom stereocenters. The summed E-state index contributed by atoms with van der Waals surface area (Å²) in [5.74, 6) is 0. The molecule has 1 fully saturated rings. The summed E-state index contributed by atoms with van der Waals surface area (Å²) in [5, 5.41) is 0. The molecule has 0 bridgehead atoms. The molecule has 0 aromatic rings. The molecule has 0 radical (unpaired) electrons. The maximum absolute atomic E-state index is 12.5. The fraction of sp³-hybridized carbons (Fsp3) is 1.00. The van der Waals surface area contributed by atoms with E-state index in [-0.39, 0.29) is 0 Å². The quantitative estimate of drug-likeness (QED) is 0.528. The van der Waals surface area contributed by atoms with Gasteiger partial charge in [0.15, 0.2) is 0 Å². The highest BCUT2D eigenvalue weighted by molar-refractivity contribution is 5.02. The van der Waals surface area contributed by atoms with Gasteiger partial charge in [0, 0.05) is 18.9 Å². The molecular weight excluding hydrogens is 150 g/mol. The van der Waals surface area contributed by atoms with Gasteiger partial charge in [0.2, 0.25) is 5.67 Å². The summed E-state index contributed by atoms with van der Waals surface area (Å²) in [4.78, 5) is 0. The second-order valence-electron chi connectivity index (χ2n) is 2.63. The van der Waals surface area contributed by atoms with Gasteiger partial charge >= 0.3 is 6.18 Å². The van der Waals surface area contributed by atoms with Crippen LogP contribution in [0.1, 0.15) is 12.8 Å². The lowest BCUT2D eigenvalue weighted by Crippen LogP contribution is -2.57. The first-order chi connectivity index (χ1) is 4.35. The third-order valence-corrected chi connectivity index (χ3v) is 1.68. The fourth-order valence-corrected chi connectivity index (χ4v) is 1.00. The van der Waals surface area contributed by atoms with Crippen LogP contribution < -0.4 is 5.73 Å². The van der Waals surface area contributed by atoms with Crippen LogP contribution in [-0.4, -0.2) is 17.9 Å². The minimum Gasteiger partial charge on any atom is -0.327 e. The van der Waals surface area contributed by atoms with Crippen molar-refractivity contribution in [1.82, 2.24) is 0 Å². The number of halogens is 4. The second-order valence-corrected chi connectivity index (χ2v) is 2.63. The summed E-state index contributed by atoms with van der Waals surface area (Å²) in [6, 6.07) is -0.619. The van der Waals surface area contributed by atoms with Crippen molar-refractivity contribution >= 4 is 0 Å². The lowest BCUT2D eigenvalue weighted by molar-refractivity contribution is -0.258. The Morgan fingerprint density at radius 2 is 1.70 bits per heavy atom. The molecular formula is C5H7F4N. The Balaban J connectivity index is 2.57. The molecule has 1 rings (SSSR count). The Morgan fingerprint density at radius 1 is 1.30 bits per heavy atom. The number of alkyl halides is 4. The van der Waals surface area contributed by atoms with Crippen LogP contribution in [0.5, 0.6) is 0 Å². The number of hydrogen-bond donors (Lipinski definition) is 1. The average molecular weight is 157 g/mol. The van der Waals surface area contributed by atoms with Crippen LogP contribution in [0, 0.1) is 0 Å². The van der Waals surface area contributed by atoms with E-state index >= 15 is 0 Å². The Morgan fingerprint density at radius 3 is 1.80 bits per heavy atom. The van der Waals surface area contributed by atoms with E-state index in [1.165, 1.54) is 0 Å². The number of hydrogen-bond acceptors (Lipinski definition) is 1. The van der Waals surface area contributed by atoms with Crippen LogP contribution in [0.2, 0.25) is 0 Å². The molecule has 1 aliphatic carbocycles. The second kappa shape index (κ2) is 1.84. The van der Waals surface area contributed by atoms with E-state index in [1.807, 2.05) is 0 Å². The maximum atomic E-state index is 12.5. The van der Waals surface area contributed by atoms with Crippen molar-refractivity contribution in [3.05, 3.63) is 0 Å². The smallest absolute Gasteiger partial charge is 0.327 e. The molecule has 0 amide bonds. The van der Waals surface area contributed by atoms with E-state index in [4.69, 9.17) is 5.73 Å². The molecule has 1 saturated carbocycles. The van der Waals surface area contributed by atoms with E-state index in [2.05, 4.69) is 0 Å². The highest BCUT2D eigenvalue weighted by Gasteiger charge is 2.62. The molecule has 2 N–H and O–H groups in total. The van der Waals surface area contributed by atoms with Crippen molar-refractivity contribution < 1.29 is 17.6 Å². The molecule has 60 valence electrons. The average Bonchev–Trinajstić information content (AvgIpc) is 1.58. The molecule has 1 nitrogen and oxygen atoms in total. The summed E-state index contributed by atoms with van der Waals surface area (Å²) in [7, 11) is 0. The van der Waals surface area contributed by atoms with E-state index < -0.39 is 30.7 Å². The zero-order chi connectivity index (χ0) is 7.99. The highest BCUT2D eigenvalue weighted by atomic mass is 19.4. The van der Waals surface area contributed by atoms with Crippen molar-refractivity contribution in [3.8, 4) is 0 Å². The first kappa shape index (κ1) is 7.78.